The van der Waals surface area contributed by atoms with Crippen LogP contribution in [0.1, 0.15) is 218 Å². The lowest BCUT2D eigenvalue weighted by Crippen LogP contribution is -2.35. The van der Waals surface area contributed by atoms with Crippen molar-refractivity contribution < 1.29 is 28.4 Å². The lowest BCUT2D eigenvalue weighted by atomic mass is 10.0. The molecule has 290 valence electrons. The van der Waals surface area contributed by atoms with Crippen molar-refractivity contribution in [2.45, 2.75) is 230 Å². The smallest absolute Gasteiger partial charge is 0.282 e. The maximum atomic E-state index is 5.36. The normalized spacial score (nSPS) is 12.4. The quantitative estimate of drug-likeness (QED) is 0.0471. The highest BCUT2D eigenvalue weighted by molar-refractivity contribution is 4.58. The summed E-state index contributed by atoms with van der Waals surface area (Å²) in [5.74, 6) is -1.70. The van der Waals surface area contributed by atoms with E-state index in [1.165, 1.54) is 193 Å². The molecule has 0 radical (unpaired) electrons. The predicted molar refractivity (Wildman–Crippen MR) is 204 cm³/mol. The molecule has 0 aliphatic rings. The van der Waals surface area contributed by atoms with Crippen LogP contribution in [0.3, 0.4) is 0 Å². The molecule has 6 nitrogen and oxygen atoms in total. The van der Waals surface area contributed by atoms with Gasteiger partial charge in [0.25, 0.3) is 11.9 Å². The van der Waals surface area contributed by atoms with Crippen LogP contribution in [0.15, 0.2) is 0 Å². The molecule has 0 aliphatic heterocycles. The van der Waals surface area contributed by atoms with Crippen LogP contribution in [0.4, 0.5) is 0 Å². The van der Waals surface area contributed by atoms with E-state index in [4.69, 9.17) is 28.4 Å². The summed E-state index contributed by atoms with van der Waals surface area (Å²) in [6, 6.07) is 0. The first-order valence-corrected chi connectivity index (χ1v) is 20.9. The summed E-state index contributed by atoms with van der Waals surface area (Å²) in [5, 5.41) is 0. The summed E-state index contributed by atoms with van der Waals surface area (Å²) in [6.45, 7) is 0. The molecular formula is C42H86O6. The van der Waals surface area contributed by atoms with Gasteiger partial charge in [0, 0.05) is 55.5 Å². The topological polar surface area (TPSA) is 55.4 Å². The third-order valence-electron chi connectivity index (χ3n) is 10.6. The van der Waals surface area contributed by atoms with Crippen molar-refractivity contribution in [3.8, 4) is 0 Å². The molecule has 0 aliphatic carbocycles. The molecule has 0 saturated heterocycles. The zero-order chi connectivity index (χ0) is 35.3. The van der Waals surface area contributed by atoms with Gasteiger partial charge in [-0.15, -0.1) is 0 Å². The number of unbranched alkanes of at least 4 members (excludes halogenated alkanes) is 31. The average Bonchev–Trinajstić information content (AvgIpc) is 3.12. The Morgan fingerprint density at radius 1 is 0.188 bits per heavy atom. The molecule has 0 fully saturated rings. The molecule has 48 heavy (non-hydrogen) atoms. The second kappa shape index (κ2) is 36.5. The largest absolute Gasteiger partial charge is 0.331 e. The van der Waals surface area contributed by atoms with Crippen molar-refractivity contribution in [2.24, 2.45) is 0 Å². The Bertz CT molecular complexity index is 538. The van der Waals surface area contributed by atoms with Gasteiger partial charge in [-0.1, -0.05) is 193 Å². The van der Waals surface area contributed by atoms with Gasteiger partial charge in [0.2, 0.25) is 0 Å². The zero-order valence-electron chi connectivity index (χ0n) is 33.5. The fraction of sp³-hybridized carbons (Fsp3) is 1.00. The number of rotatable bonds is 41. The van der Waals surface area contributed by atoms with E-state index in [0.717, 1.165) is 25.7 Å². The van der Waals surface area contributed by atoms with E-state index >= 15 is 0 Å². The third-order valence-corrected chi connectivity index (χ3v) is 10.6. The minimum absolute atomic E-state index is 0.797. The van der Waals surface area contributed by atoms with Crippen LogP contribution >= 0.6 is 0 Å². The maximum Gasteiger partial charge on any atom is 0.282 e. The van der Waals surface area contributed by atoms with Gasteiger partial charge in [-0.25, -0.2) is 0 Å². The molecule has 0 rings (SSSR count). The van der Waals surface area contributed by atoms with Crippen LogP contribution in [0, 0.1) is 0 Å². The van der Waals surface area contributed by atoms with Gasteiger partial charge in [0.05, 0.1) is 0 Å². The molecule has 6 heteroatoms. The molecule has 0 saturated carbocycles. The first-order valence-electron chi connectivity index (χ1n) is 20.9. The minimum atomic E-state index is -0.848. The van der Waals surface area contributed by atoms with Crippen molar-refractivity contribution in [3.63, 3.8) is 0 Å². The monoisotopic (exact) mass is 687 g/mol. The summed E-state index contributed by atoms with van der Waals surface area (Å²) in [6.07, 6.45) is 46.1. The fourth-order valence-corrected chi connectivity index (χ4v) is 7.10. The van der Waals surface area contributed by atoms with Crippen molar-refractivity contribution >= 4 is 0 Å². The Balaban J connectivity index is 3.19. The molecule has 0 aromatic heterocycles. The van der Waals surface area contributed by atoms with Crippen LogP contribution in [0.2, 0.25) is 0 Å². The average molecular weight is 687 g/mol. The first kappa shape index (κ1) is 47.8. The van der Waals surface area contributed by atoms with Gasteiger partial charge < -0.3 is 28.4 Å². The van der Waals surface area contributed by atoms with Crippen LogP contribution in [-0.2, 0) is 28.4 Å². The van der Waals surface area contributed by atoms with E-state index in [1.807, 2.05) is 0 Å². The molecule has 0 bridgehead atoms. The molecule has 0 spiro atoms. The summed E-state index contributed by atoms with van der Waals surface area (Å²) < 4.78 is 32.2. The molecule has 0 amide bonds. The Morgan fingerprint density at radius 3 is 0.396 bits per heavy atom. The van der Waals surface area contributed by atoms with Gasteiger partial charge in [-0.05, 0) is 12.8 Å². The number of hydrogen-bond donors (Lipinski definition) is 0. The second-order valence-electron chi connectivity index (χ2n) is 14.4. The molecule has 0 atom stereocenters. The van der Waals surface area contributed by atoms with Crippen LogP contribution in [0.25, 0.3) is 0 Å². The Hall–Kier alpha value is -0.240. The number of ether oxygens (including phenoxy) is 6. The fourth-order valence-electron chi connectivity index (χ4n) is 7.10. The highest BCUT2D eigenvalue weighted by Crippen LogP contribution is 2.23. The first-order chi connectivity index (χ1) is 23.6. The van der Waals surface area contributed by atoms with E-state index in [0.29, 0.717) is 0 Å². The van der Waals surface area contributed by atoms with Gasteiger partial charge >= 0.3 is 0 Å². The third kappa shape index (κ3) is 28.5. The highest BCUT2D eigenvalue weighted by Gasteiger charge is 2.29. The van der Waals surface area contributed by atoms with Gasteiger partial charge in [-0.3, -0.25) is 0 Å². The van der Waals surface area contributed by atoms with Crippen molar-refractivity contribution in [3.05, 3.63) is 0 Å². The second-order valence-corrected chi connectivity index (χ2v) is 14.4. The number of hydrogen-bond acceptors (Lipinski definition) is 6. The van der Waals surface area contributed by atoms with Crippen LogP contribution < -0.4 is 0 Å². The van der Waals surface area contributed by atoms with Gasteiger partial charge in [0.1, 0.15) is 0 Å². The molecule has 0 unspecified atom stereocenters. The van der Waals surface area contributed by atoms with E-state index < -0.39 is 11.9 Å². The summed E-state index contributed by atoms with van der Waals surface area (Å²) in [5.41, 5.74) is 0. The van der Waals surface area contributed by atoms with Crippen LogP contribution in [-0.4, -0.2) is 54.6 Å². The van der Waals surface area contributed by atoms with Crippen LogP contribution in [0.5, 0.6) is 0 Å². The lowest BCUT2D eigenvalue weighted by Gasteiger charge is -2.28. The Labute approximate surface area is 300 Å². The summed E-state index contributed by atoms with van der Waals surface area (Å²) in [4.78, 5) is 0. The van der Waals surface area contributed by atoms with E-state index in [1.54, 1.807) is 42.7 Å². The lowest BCUT2D eigenvalue weighted by molar-refractivity contribution is -0.355. The standard InChI is InChI=1S/C42H86O6/c1-43-41(44-2,45-3)39-37-35-33-31-29-27-25-23-21-19-17-15-13-11-9-7-8-10-12-14-16-18-20-22-24-26-28-30-32-34-36-38-40-42(46-4,47-5)48-6/h7-40H2,1-6H3. The van der Waals surface area contributed by atoms with E-state index in [-0.39, 0.29) is 0 Å². The van der Waals surface area contributed by atoms with Crippen molar-refractivity contribution in [2.75, 3.05) is 42.7 Å². The summed E-state index contributed by atoms with van der Waals surface area (Å²) >= 11 is 0. The number of methoxy groups -OCH3 is 6. The highest BCUT2D eigenvalue weighted by atomic mass is 16.9. The predicted octanol–water partition coefficient (Wildman–Crippen LogP) is 13.4. The van der Waals surface area contributed by atoms with E-state index in [2.05, 4.69) is 0 Å². The molecule has 0 N–H and O–H groups in total. The SMILES string of the molecule is COC(CCCCCCCCCCCCCCCCCCCCCCCCCCCCCCCCCCC(OC)(OC)OC)(OC)OC. The van der Waals surface area contributed by atoms with Crippen molar-refractivity contribution in [1.82, 2.24) is 0 Å². The van der Waals surface area contributed by atoms with Gasteiger partial charge in [0.15, 0.2) is 0 Å². The zero-order valence-corrected chi connectivity index (χ0v) is 33.5. The Kier molecular flexibility index (Phi) is 36.4. The molecule has 0 aromatic carbocycles. The molecular weight excluding hydrogens is 600 g/mol. The minimum Gasteiger partial charge on any atom is -0.331 e. The molecule has 0 heterocycles. The van der Waals surface area contributed by atoms with Crippen molar-refractivity contribution in [1.29, 1.82) is 0 Å². The molecule has 0 aromatic rings. The van der Waals surface area contributed by atoms with E-state index in [9.17, 15) is 0 Å². The Morgan fingerprint density at radius 2 is 0.292 bits per heavy atom. The maximum absolute atomic E-state index is 5.36. The summed E-state index contributed by atoms with van der Waals surface area (Å²) in [7, 11) is 9.88. The van der Waals surface area contributed by atoms with Gasteiger partial charge in [-0.2, -0.15) is 0 Å².